The Bertz CT molecular complexity index is 608. The molecule has 0 radical (unpaired) electrons. The maximum atomic E-state index is 5.85. The number of hydrogen-bond acceptors (Lipinski definition) is 5. The van der Waals surface area contributed by atoms with Crippen LogP contribution >= 0.6 is 11.3 Å². The van der Waals surface area contributed by atoms with Crippen LogP contribution in [0, 0.1) is 0 Å². The molecule has 1 aromatic heterocycles. The molecule has 0 saturated heterocycles. The molecule has 0 amide bonds. The molecule has 0 aliphatic heterocycles. The summed E-state index contributed by atoms with van der Waals surface area (Å²) in [7, 11) is 3.35. The SMILES string of the molecule is CCc1cc(OC)c(-c2nc(N)sc2CC)cc1OC. The van der Waals surface area contributed by atoms with E-state index in [2.05, 4.69) is 18.8 Å². The summed E-state index contributed by atoms with van der Waals surface area (Å²) in [5.74, 6) is 1.67. The van der Waals surface area contributed by atoms with Crippen LogP contribution in [0.3, 0.4) is 0 Å². The van der Waals surface area contributed by atoms with Gasteiger partial charge in [-0.2, -0.15) is 0 Å². The zero-order valence-electron chi connectivity index (χ0n) is 12.3. The predicted octanol–water partition coefficient (Wildman–Crippen LogP) is 3.53. The normalized spacial score (nSPS) is 10.6. The molecule has 0 aliphatic rings. The van der Waals surface area contributed by atoms with Crippen molar-refractivity contribution in [1.29, 1.82) is 0 Å². The van der Waals surface area contributed by atoms with Gasteiger partial charge >= 0.3 is 0 Å². The third-order valence-corrected chi connectivity index (χ3v) is 4.30. The second-order valence-electron chi connectivity index (χ2n) is 4.40. The van der Waals surface area contributed by atoms with E-state index in [0.717, 1.165) is 46.0 Å². The Labute approximate surface area is 123 Å². The average Bonchev–Trinajstić information content (AvgIpc) is 2.86. The van der Waals surface area contributed by atoms with E-state index in [9.17, 15) is 0 Å². The van der Waals surface area contributed by atoms with E-state index >= 15 is 0 Å². The summed E-state index contributed by atoms with van der Waals surface area (Å²) in [6, 6.07) is 4.01. The van der Waals surface area contributed by atoms with Crippen LogP contribution in [-0.4, -0.2) is 19.2 Å². The summed E-state index contributed by atoms with van der Waals surface area (Å²) in [6.07, 6.45) is 1.78. The lowest BCUT2D eigenvalue weighted by atomic mass is 10.0. The van der Waals surface area contributed by atoms with Gasteiger partial charge in [0.1, 0.15) is 11.5 Å². The highest BCUT2D eigenvalue weighted by molar-refractivity contribution is 7.15. The van der Waals surface area contributed by atoms with Gasteiger partial charge in [-0.25, -0.2) is 4.98 Å². The summed E-state index contributed by atoms with van der Waals surface area (Å²) in [5, 5.41) is 0.581. The van der Waals surface area contributed by atoms with Crippen molar-refractivity contribution in [2.45, 2.75) is 26.7 Å². The number of nitrogens with two attached hydrogens (primary N) is 1. The first-order valence-electron chi connectivity index (χ1n) is 6.64. The van der Waals surface area contributed by atoms with Gasteiger partial charge in [-0.05, 0) is 30.5 Å². The fourth-order valence-electron chi connectivity index (χ4n) is 2.24. The van der Waals surface area contributed by atoms with Gasteiger partial charge in [-0.3, -0.25) is 0 Å². The first kappa shape index (κ1) is 14.7. The number of nitrogens with zero attached hydrogens (tertiary/aromatic N) is 1. The van der Waals surface area contributed by atoms with Gasteiger partial charge in [0.25, 0.3) is 0 Å². The molecule has 4 nitrogen and oxygen atoms in total. The molecule has 0 spiro atoms. The monoisotopic (exact) mass is 292 g/mol. The number of rotatable bonds is 5. The number of thiazole rings is 1. The van der Waals surface area contributed by atoms with Crippen LogP contribution in [0.5, 0.6) is 11.5 Å². The number of anilines is 1. The third-order valence-electron chi connectivity index (χ3n) is 3.27. The van der Waals surface area contributed by atoms with Crippen molar-refractivity contribution in [1.82, 2.24) is 4.98 Å². The molecule has 20 heavy (non-hydrogen) atoms. The van der Waals surface area contributed by atoms with E-state index in [4.69, 9.17) is 15.2 Å². The Kier molecular flexibility index (Phi) is 4.49. The molecule has 0 saturated carbocycles. The highest BCUT2D eigenvalue weighted by atomic mass is 32.1. The molecular weight excluding hydrogens is 272 g/mol. The van der Waals surface area contributed by atoms with Gasteiger partial charge in [-0.1, -0.05) is 13.8 Å². The number of nitrogen functional groups attached to an aromatic ring is 1. The molecular formula is C15H20N2O2S. The lowest BCUT2D eigenvalue weighted by molar-refractivity contribution is 0.400. The predicted molar refractivity (Wildman–Crippen MR) is 83.8 cm³/mol. The van der Waals surface area contributed by atoms with Crippen molar-refractivity contribution in [3.63, 3.8) is 0 Å². The molecule has 0 unspecified atom stereocenters. The highest BCUT2D eigenvalue weighted by Gasteiger charge is 2.17. The first-order valence-corrected chi connectivity index (χ1v) is 7.46. The lowest BCUT2D eigenvalue weighted by Gasteiger charge is -2.13. The maximum Gasteiger partial charge on any atom is 0.180 e. The molecule has 1 aromatic carbocycles. The number of benzene rings is 1. The lowest BCUT2D eigenvalue weighted by Crippen LogP contribution is -1.97. The molecule has 0 bridgehead atoms. The summed E-state index contributed by atoms with van der Waals surface area (Å²) in [5.41, 5.74) is 8.80. The Balaban J connectivity index is 2.65. The molecule has 5 heteroatoms. The highest BCUT2D eigenvalue weighted by Crippen LogP contribution is 2.39. The van der Waals surface area contributed by atoms with Gasteiger partial charge in [-0.15, -0.1) is 11.3 Å². The van der Waals surface area contributed by atoms with E-state index in [1.54, 1.807) is 14.2 Å². The van der Waals surface area contributed by atoms with E-state index in [1.165, 1.54) is 11.3 Å². The standard InChI is InChI=1S/C15H20N2O2S/c1-5-9-7-12(19-4)10(8-11(9)18-3)14-13(6-2)20-15(16)17-14/h7-8H,5-6H2,1-4H3,(H2,16,17). The Hall–Kier alpha value is -1.75. The molecule has 1 heterocycles. The zero-order valence-corrected chi connectivity index (χ0v) is 13.1. The minimum atomic E-state index is 0.581. The molecule has 2 rings (SSSR count). The van der Waals surface area contributed by atoms with E-state index in [-0.39, 0.29) is 0 Å². The number of hydrogen-bond donors (Lipinski definition) is 1. The third kappa shape index (κ3) is 2.58. The van der Waals surface area contributed by atoms with Crippen molar-refractivity contribution < 1.29 is 9.47 Å². The van der Waals surface area contributed by atoms with Gasteiger partial charge < -0.3 is 15.2 Å². The molecule has 0 atom stereocenters. The molecule has 2 aromatic rings. The minimum absolute atomic E-state index is 0.581. The number of methoxy groups -OCH3 is 2. The van der Waals surface area contributed by atoms with Crippen LogP contribution in [0.1, 0.15) is 24.3 Å². The van der Waals surface area contributed by atoms with E-state index in [1.807, 2.05) is 12.1 Å². The summed E-state index contributed by atoms with van der Waals surface area (Å²) >= 11 is 1.52. The summed E-state index contributed by atoms with van der Waals surface area (Å²) in [4.78, 5) is 5.61. The van der Waals surface area contributed by atoms with Gasteiger partial charge in [0, 0.05) is 10.4 Å². The van der Waals surface area contributed by atoms with Crippen LogP contribution in [0.15, 0.2) is 12.1 Å². The van der Waals surface area contributed by atoms with Crippen molar-refractivity contribution in [2.75, 3.05) is 20.0 Å². The number of aromatic nitrogens is 1. The van der Waals surface area contributed by atoms with Crippen molar-refractivity contribution >= 4 is 16.5 Å². The molecule has 2 N–H and O–H groups in total. The fraction of sp³-hybridized carbons (Fsp3) is 0.400. The molecule has 0 aliphatic carbocycles. The topological polar surface area (TPSA) is 57.4 Å². The van der Waals surface area contributed by atoms with Crippen LogP contribution < -0.4 is 15.2 Å². The summed E-state index contributed by atoms with van der Waals surface area (Å²) < 4.78 is 11.0. The minimum Gasteiger partial charge on any atom is -0.496 e. The van der Waals surface area contributed by atoms with Crippen LogP contribution in [0.25, 0.3) is 11.3 Å². The largest absolute Gasteiger partial charge is 0.496 e. The fourth-order valence-corrected chi connectivity index (χ4v) is 3.03. The van der Waals surface area contributed by atoms with Gasteiger partial charge in [0.15, 0.2) is 5.13 Å². The first-order chi connectivity index (χ1) is 9.64. The summed E-state index contributed by atoms with van der Waals surface area (Å²) in [6.45, 7) is 4.19. The second kappa shape index (κ2) is 6.13. The van der Waals surface area contributed by atoms with Gasteiger partial charge in [0.05, 0.1) is 19.9 Å². The smallest absolute Gasteiger partial charge is 0.180 e. The van der Waals surface area contributed by atoms with Crippen LogP contribution in [0.2, 0.25) is 0 Å². The maximum absolute atomic E-state index is 5.85. The van der Waals surface area contributed by atoms with E-state index in [0.29, 0.717) is 5.13 Å². The van der Waals surface area contributed by atoms with Crippen LogP contribution in [-0.2, 0) is 12.8 Å². The van der Waals surface area contributed by atoms with Crippen molar-refractivity contribution in [3.8, 4) is 22.8 Å². The van der Waals surface area contributed by atoms with Crippen molar-refractivity contribution in [2.24, 2.45) is 0 Å². The van der Waals surface area contributed by atoms with Gasteiger partial charge in [0.2, 0.25) is 0 Å². The Morgan fingerprint density at radius 1 is 1.10 bits per heavy atom. The average molecular weight is 292 g/mol. The quantitative estimate of drug-likeness (QED) is 0.916. The number of ether oxygens (including phenoxy) is 2. The van der Waals surface area contributed by atoms with Crippen molar-refractivity contribution in [3.05, 3.63) is 22.6 Å². The zero-order chi connectivity index (χ0) is 14.7. The molecule has 108 valence electrons. The van der Waals surface area contributed by atoms with E-state index < -0.39 is 0 Å². The second-order valence-corrected chi connectivity index (χ2v) is 5.51. The Morgan fingerprint density at radius 2 is 1.80 bits per heavy atom. The molecule has 0 fully saturated rings. The van der Waals surface area contributed by atoms with Crippen LogP contribution in [0.4, 0.5) is 5.13 Å². The number of aryl methyl sites for hydroxylation is 2. The Morgan fingerprint density at radius 3 is 2.35 bits per heavy atom.